The maximum atomic E-state index is 12.9. The van der Waals surface area contributed by atoms with Crippen LogP contribution in [0.4, 0.5) is 24.7 Å². The van der Waals surface area contributed by atoms with Gasteiger partial charge in [0, 0.05) is 17.1 Å². The van der Waals surface area contributed by atoms with Gasteiger partial charge in [-0.25, -0.2) is 9.97 Å². The molecule has 0 bridgehead atoms. The van der Waals surface area contributed by atoms with E-state index in [1.165, 1.54) is 25.6 Å². The van der Waals surface area contributed by atoms with E-state index in [1.807, 2.05) is 0 Å². The summed E-state index contributed by atoms with van der Waals surface area (Å²) < 4.78 is 49.6. The van der Waals surface area contributed by atoms with Gasteiger partial charge in [0.1, 0.15) is 18.8 Å². The third-order valence-corrected chi connectivity index (χ3v) is 3.73. The molecule has 0 saturated carbocycles. The van der Waals surface area contributed by atoms with E-state index in [1.54, 1.807) is 18.2 Å². The second-order valence-electron chi connectivity index (χ2n) is 5.55. The molecule has 28 heavy (non-hydrogen) atoms. The van der Waals surface area contributed by atoms with Gasteiger partial charge in [0.05, 0.1) is 18.2 Å². The van der Waals surface area contributed by atoms with Crippen LogP contribution in [0.15, 0.2) is 55.4 Å². The molecule has 0 amide bonds. The molecule has 0 aliphatic rings. The van der Waals surface area contributed by atoms with Gasteiger partial charge in [0.15, 0.2) is 11.5 Å². The lowest BCUT2D eigenvalue weighted by molar-refractivity contribution is -0.137. The van der Waals surface area contributed by atoms with E-state index in [9.17, 15) is 13.2 Å². The Morgan fingerprint density at radius 1 is 1.14 bits per heavy atom. The van der Waals surface area contributed by atoms with Crippen LogP contribution in [0.5, 0.6) is 11.5 Å². The standard InChI is InChI=1S/C19H16F3N3O2.ClH/c1-3-7-27-17-10-15-14(9-16(17)26-2)18(24-11-23-15)25-13-6-4-5-12(8-13)19(20,21)22;/h3-6,8-11H,1,7H2,2H3,(H,23,24,25);1H. The van der Waals surface area contributed by atoms with E-state index < -0.39 is 11.7 Å². The Morgan fingerprint density at radius 2 is 1.93 bits per heavy atom. The van der Waals surface area contributed by atoms with Crippen LogP contribution in [-0.4, -0.2) is 23.7 Å². The molecule has 1 N–H and O–H groups in total. The largest absolute Gasteiger partial charge is 0.493 e. The van der Waals surface area contributed by atoms with Crippen LogP contribution in [0.3, 0.4) is 0 Å². The maximum Gasteiger partial charge on any atom is 0.416 e. The van der Waals surface area contributed by atoms with Gasteiger partial charge in [0.2, 0.25) is 0 Å². The van der Waals surface area contributed by atoms with Gasteiger partial charge in [-0.2, -0.15) is 13.2 Å². The highest BCUT2D eigenvalue weighted by molar-refractivity contribution is 5.93. The summed E-state index contributed by atoms with van der Waals surface area (Å²) in [5, 5.41) is 3.49. The molecule has 2 aromatic carbocycles. The molecule has 3 aromatic rings. The highest BCUT2D eigenvalue weighted by Crippen LogP contribution is 2.35. The summed E-state index contributed by atoms with van der Waals surface area (Å²) in [6, 6.07) is 8.24. The number of benzene rings is 2. The van der Waals surface area contributed by atoms with Gasteiger partial charge < -0.3 is 14.8 Å². The summed E-state index contributed by atoms with van der Waals surface area (Å²) in [5.74, 6) is 1.28. The molecule has 0 fully saturated rings. The molecule has 148 valence electrons. The van der Waals surface area contributed by atoms with Crippen molar-refractivity contribution in [2.75, 3.05) is 19.0 Å². The van der Waals surface area contributed by atoms with Crippen LogP contribution < -0.4 is 14.8 Å². The topological polar surface area (TPSA) is 56.3 Å². The minimum absolute atomic E-state index is 0. The van der Waals surface area contributed by atoms with Gasteiger partial charge in [-0.15, -0.1) is 12.4 Å². The molecule has 9 heteroatoms. The van der Waals surface area contributed by atoms with Crippen molar-refractivity contribution in [2.45, 2.75) is 6.18 Å². The molecule has 0 aliphatic heterocycles. The number of rotatable bonds is 6. The molecular weight excluding hydrogens is 395 g/mol. The average molecular weight is 412 g/mol. The molecular formula is C19H17ClF3N3O2. The quantitative estimate of drug-likeness (QED) is 0.551. The minimum atomic E-state index is -4.42. The molecule has 5 nitrogen and oxygen atoms in total. The Balaban J connectivity index is 0.00000280. The SMILES string of the molecule is C=CCOc1cc2ncnc(Nc3cccc(C(F)(F)F)c3)c2cc1OC.Cl. The second kappa shape index (κ2) is 8.79. The summed E-state index contributed by atoms with van der Waals surface area (Å²) in [6.45, 7) is 3.89. The van der Waals surface area contributed by atoms with Crippen LogP contribution >= 0.6 is 12.4 Å². The van der Waals surface area contributed by atoms with Gasteiger partial charge in [-0.05, 0) is 24.3 Å². The number of halogens is 4. The van der Waals surface area contributed by atoms with Crippen molar-refractivity contribution < 1.29 is 22.6 Å². The minimum Gasteiger partial charge on any atom is -0.493 e. The van der Waals surface area contributed by atoms with Gasteiger partial charge in [-0.1, -0.05) is 18.7 Å². The van der Waals surface area contributed by atoms with E-state index in [0.717, 1.165) is 12.1 Å². The first-order valence-corrected chi connectivity index (χ1v) is 7.93. The van der Waals surface area contributed by atoms with Crippen LogP contribution in [-0.2, 0) is 6.18 Å². The third-order valence-electron chi connectivity index (χ3n) is 3.73. The van der Waals surface area contributed by atoms with Crippen molar-refractivity contribution in [3.8, 4) is 11.5 Å². The number of hydrogen-bond acceptors (Lipinski definition) is 5. The molecule has 1 aromatic heterocycles. The molecule has 0 unspecified atom stereocenters. The second-order valence-corrected chi connectivity index (χ2v) is 5.55. The van der Waals surface area contributed by atoms with Crippen LogP contribution in [0.2, 0.25) is 0 Å². The first-order chi connectivity index (χ1) is 12.9. The zero-order valence-corrected chi connectivity index (χ0v) is 15.6. The smallest absolute Gasteiger partial charge is 0.416 e. The Hall–Kier alpha value is -3.00. The summed E-state index contributed by atoms with van der Waals surface area (Å²) in [5.41, 5.74) is 0.0682. The molecule has 0 atom stereocenters. The van der Waals surface area contributed by atoms with Crippen molar-refractivity contribution in [1.82, 2.24) is 9.97 Å². The number of nitrogens with zero attached hydrogens (tertiary/aromatic N) is 2. The van der Waals surface area contributed by atoms with Gasteiger partial charge >= 0.3 is 6.18 Å². The summed E-state index contributed by atoms with van der Waals surface area (Å²) in [6.07, 6.45) is -1.50. The number of ether oxygens (including phenoxy) is 2. The van der Waals surface area contributed by atoms with Crippen LogP contribution in [0.1, 0.15) is 5.56 Å². The average Bonchev–Trinajstić information content (AvgIpc) is 2.65. The van der Waals surface area contributed by atoms with Crippen molar-refractivity contribution in [2.24, 2.45) is 0 Å². The number of aromatic nitrogens is 2. The Morgan fingerprint density at radius 3 is 2.61 bits per heavy atom. The fourth-order valence-electron chi connectivity index (χ4n) is 2.49. The molecule has 0 spiro atoms. The number of methoxy groups -OCH3 is 1. The molecule has 0 aliphatic carbocycles. The maximum absolute atomic E-state index is 12.9. The lowest BCUT2D eigenvalue weighted by atomic mass is 10.1. The lowest BCUT2D eigenvalue weighted by Gasteiger charge is -2.14. The Labute approximate surface area is 165 Å². The monoisotopic (exact) mass is 411 g/mol. The van der Waals surface area contributed by atoms with E-state index in [4.69, 9.17) is 9.47 Å². The van der Waals surface area contributed by atoms with Crippen molar-refractivity contribution >= 4 is 34.8 Å². The summed E-state index contributed by atoms with van der Waals surface area (Å²) in [4.78, 5) is 8.34. The lowest BCUT2D eigenvalue weighted by Crippen LogP contribution is -2.05. The predicted molar refractivity (Wildman–Crippen MR) is 104 cm³/mol. The summed E-state index contributed by atoms with van der Waals surface area (Å²) in [7, 11) is 1.49. The number of alkyl halides is 3. The number of anilines is 2. The molecule has 1 heterocycles. The van der Waals surface area contributed by atoms with Gasteiger partial charge in [0.25, 0.3) is 0 Å². The highest BCUT2D eigenvalue weighted by atomic mass is 35.5. The summed E-state index contributed by atoms with van der Waals surface area (Å²) >= 11 is 0. The fraction of sp³-hybridized carbons (Fsp3) is 0.158. The normalized spacial score (nSPS) is 10.9. The number of fused-ring (bicyclic) bond motifs is 1. The predicted octanol–water partition coefficient (Wildman–Crippen LogP) is 5.39. The van der Waals surface area contributed by atoms with Crippen molar-refractivity contribution in [1.29, 1.82) is 0 Å². The highest BCUT2D eigenvalue weighted by Gasteiger charge is 2.30. The van der Waals surface area contributed by atoms with E-state index >= 15 is 0 Å². The zero-order valence-electron chi connectivity index (χ0n) is 14.8. The first-order valence-electron chi connectivity index (χ1n) is 7.93. The zero-order chi connectivity index (χ0) is 19.4. The number of hydrogen-bond donors (Lipinski definition) is 1. The van der Waals surface area contributed by atoms with E-state index in [-0.39, 0.29) is 18.1 Å². The fourth-order valence-corrected chi connectivity index (χ4v) is 2.49. The molecule has 0 saturated heterocycles. The number of nitrogens with one attached hydrogen (secondary N) is 1. The van der Waals surface area contributed by atoms with E-state index in [2.05, 4.69) is 21.9 Å². The Kier molecular flexibility index (Phi) is 6.69. The van der Waals surface area contributed by atoms with Crippen molar-refractivity contribution in [3.63, 3.8) is 0 Å². The first kappa shape index (κ1) is 21.3. The van der Waals surface area contributed by atoms with Crippen LogP contribution in [0.25, 0.3) is 10.9 Å². The molecule has 3 rings (SSSR count). The van der Waals surface area contributed by atoms with Crippen molar-refractivity contribution in [3.05, 3.63) is 60.9 Å². The third kappa shape index (κ3) is 4.64. The molecule has 0 radical (unpaired) electrons. The van der Waals surface area contributed by atoms with Gasteiger partial charge in [-0.3, -0.25) is 0 Å². The van der Waals surface area contributed by atoms with E-state index in [0.29, 0.717) is 34.8 Å². The Bertz CT molecular complexity index is 980. The van der Waals surface area contributed by atoms with Crippen LogP contribution in [0, 0.1) is 0 Å².